The molecule has 0 aliphatic rings. The van der Waals surface area contributed by atoms with E-state index >= 15 is 0 Å². The number of aromatic nitrogens is 2. The molecular formula is C14H16N2O2. The van der Waals surface area contributed by atoms with Crippen LogP contribution < -0.4 is 4.74 Å². The van der Waals surface area contributed by atoms with Gasteiger partial charge in [-0.3, -0.25) is 4.79 Å². The third-order valence-corrected chi connectivity index (χ3v) is 3.27. The van der Waals surface area contributed by atoms with Crippen molar-refractivity contribution in [1.29, 1.82) is 0 Å². The van der Waals surface area contributed by atoms with Gasteiger partial charge in [0.05, 0.1) is 19.1 Å². The number of benzene rings is 1. The number of aryl methyl sites for hydroxylation is 1. The van der Waals surface area contributed by atoms with E-state index in [4.69, 9.17) is 4.74 Å². The van der Waals surface area contributed by atoms with Gasteiger partial charge < -0.3 is 9.72 Å². The van der Waals surface area contributed by atoms with Crippen molar-refractivity contribution in [2.75, 3.05) is 7.11 Å². The number of aldehydes is 1. The fraction of sp³-hybridized carbons (Fsp3) is 0.286. The van der Waals surface area contributed by atoms with Gasteiger partial charge in [-0.2, -0.15) is 0 Å². The Morgan fingerprint density at radius 2 is 2.00 bits per heavy atom. The first-order valence-corrected chi connectivity index (χ1v) is 5.73. The highest BCUT2D eigenvalue weighted by Crippen LogP contribution is 2.34. The Morgan fingerprint density at radius 3 is 2.61 bits per heavy atom. The fourth-order valence-electron chi connectivity index (χ4n) is 2.23. The topological polar surface area (TPSA) is 55.0 Å². The van der Waals surface area contributed by atoms with Crippen LogP contribution in [-0.4, -0.2) is 23.4 Å². The van der Waals surface area contributed by atoms with Gasteiger partial charge in [0.25, 0.3) is 0 Å². The van der Waals surface area contributed by atoms with E-state index in [0.717, 1.165) is 34.3 Å². The number of hydrogen-bond donors (Lipinski definition) is 1. The summed E-state index contributed by atoms with van der Waals surface area (Å²) in [5, 5.41) is 0. The largest absolute Gasteiger partial charge is 0.496 e. The number of imidazole rings is 1. The summed E-state index contributed by atoms with van der Waals surface area (Å²) in [4.78, 5) is 18.0. The summed E-state index contributed by atoms with van der Waals surface area (Å²) < 4.78 is 5.39. The van der Waals surface area contributed by atoms with Gasteiger partial charge in [-0.15, -0.1) is 0 Å². The van der Waals surface area contributed by atoms with Crippen LogP contribution in [-0.2, 0) is 0 Å². The average molecular weight is 244 g/mol. The highest BCUT2D eigenvalue weighted by atomic mass is 16.5. The molecule has 0 radical (unpaired) electrons. The lowest BCUT2D eigenvalue weighted by molar-refractivity contribution is 0.112. The maximum Gasteiger partial charge on any atom is 0.168 e. The van der Waals surface area contributed by atoms with Crippen molar-refractivity contribution in [2.24, 2.45) is 0 Å². The summed E-state index contributed by atoms with van der Waals surface area (Å²) in [6.07, 6.45) is 2.32. The maximum atomic E-state index is 11.0. The number of aromatic amines is 1. The third-order valence-electron chi connectivity index (χ3n) is 3.27. The first-order valence-electron chi connectivity index (χ1n) is 5.73. The Kier molecular flexibility index (Phi) is 3.19. The number of hydrogen-bond acceptors (Lipinski definition) is 3. The molecule has 1 heterocycles. The van der Waals surface area contributed by atoms with Crippen molar-refractivity contribution in [2.45, 2.75) is 20.8 Å². The minimum absolute atomic E-state index is 0.502. The number of methoxy groups -OCH3 is 1. The first-order chi connectivity index (χ1) is 8.60. The molecule has 0 amide bonds. The SMILES string of the molecule is COc1c(C)cc(-c2nc[nH]c2C=O)c(C)c1C. The molecule has 1 aromatic carbocycles. The molecule has 0 bridgehead atoms. The van der Waals surface area contributed by atoms with E-state index < -0.39 is 0 Å². The van der Waals surface area contributed by atoms with Gasteiger partial charge in [0.15, 0.2) is 6.29 Å². The quantitative estimate of drug-likeness (QED) is 0.845. The number of nitrogens with one attached hydrogen (secondary N) is 1. The van der Waals surface area contributed by atoms with Gasteiger partial charge in [0.1, 0.15) is 11.4 Å². The Labute approximate surface area is 106 Å². The van der Waals surface area contributed by atoms with E-state index in [2.05, 4.69) is 9.97 Å². The highest BCUT2D eigenvalue weighted by Gasteiger charge is 2.15. The van der Waals surface area contributed by atoms with Gasteiger partial charge in [0, 0.05) is 5.56 Å². The number of H-pyrrole nitrogens is 1. The molecule has 0 aliphatic carbocycles. The number of rotatable bonds is 3. The smallest absolute Gasteiger partial charge is 0.168 e. The summed E-state index contributed by atoms with van der Waals surface area (Å²) in [6, 6.07) is 2.00. The molecule has 1 aromatic heterocycles. The molecule has 18 heavy (non-hydrogen) atoms. The number of ether oxygens (including phenoxy) is 1. The molecule has 0 aliphatic heterocycles. The van der Waals surface area contributed by atoms with Gasteiger partial charge in [-0.05, 0) is 43.5 Å². The van der Waals surface area contributed by atoms with Crippen LogP contribution in [0.25, 0.3) is 11.3 Å². The second-order valence-corrected chi connectivity index (χ2v) is 4.31. The second kappa shape index (κ2) is 4.64. The van der Waals surface area contributed by atoms with E-state index in [1.165, 1.54) is 6.33 Å². The Morgan fingerprint density at radius 1 is 1.28 bits per heavy atom. The fourth-order valence-corrected chi connectivity index (χ4v) is 2.23. The van der Waals surface area contributed by atoms with Gasteiger partial charge in [-0.1, -0.05) is 0 Å². The Hall–Kier alpha value is -2.10. The van der Waals surface area contributed by atoms with Crippen molar-refractivity contribution in [3.63, 3.8) is 0 Å². The van der Waals surface area contributed by atoms with Gasteiger partial charge in [0.2, 0.25) is 0 Å². The molecule has 0 atom stereocenters. The molecule has 2 rings (SSSR count). The Balaban J connectivity index is 2.70. The van der Waals surface area contributed by atoms with Crippen LogP contribution in [0.4, 0.5) is 0 Å². The van der Waals surface area contributed by atoms with Crippen molar-refractivity contribution >= 4 is 6.29 Å². The van der Waals surface area contributed by atoms with Crippen molar-refractivity contribution in [1.82, 2.24) is 9.97 Å². The Bertz CT molecular complexity index is 600. The van der Waals surface area contributed by atoms with Gasteiger partial charge >= 0.3 is 0 Å². The molecule has 0 saturated heterocycles. The molecule has 4 nitrogen and oxygen atoms in total. The summed E-state index contributed by atoms with van der Waals surface area (Å²) in [7, 11) is 1.67. The first kappa shape index (κ1) is 12.4. The van der Waals surface area contributed by atoms with Crippen LogP contribution in [0.3, 0.4) is 0 Å². The zero-order valence-corrected chi connectivity index (χ0v) is 11.0. The number of nitrogens with zero attached hydrogens (tertiary/aromatic N) is 1. The third kappa shape index (κ3) is 1.79. The molecule has 0 unspecified atom stereocenters. The number of carbonyl (C=O) groups excluding carboxylic acids is 1. The standard InChI is InChI=1S/C14H16N2O2/c1-8-5-11(9(2)10(3)14(8)18-4)13-12(6-17)15-7-16-13/h5-7H,1-4H3,(H,15,16). The second-order valence-electron chi connectivity index (χ2n) is 4.31. The molecule has 2 aromatic rings. The van der Waals surface area contributed by atoms with Crippen molar-refractivity contribution in [3.05, 3.63) is 34.8 Å². The predicted molar refractivity (Wildman–Crippen MR) is 70.2 cm³/mol. The molecule has 0 saturated carbocycles. The van der Waals surface area contributed by atoms with E-state index in [9.17, 15) is 4.79 Å². The van der Waals surface area contributed by atoms with E-state index in [1.54, 1.807) is 7.11 Å². The molecular weight excluding hydrogens is 228 g/mol. The average Bonchev–Trinajstić information content (AvgIpc) is 2.82. The van der Waals surface area contributed by atoms with Crippen LogP contribution >= 0.6 is 0 Å². The summed E-state index contributed by atoms with van der Waals surface area (Å²) in [5.74, 6) is 0.888. The van der Waals surface area contributed by atoms with Crippen molar-refractivity contribution < 1.29 is 9.53 Å². The summed E-state index contributed by atoms with van der Waals surface area (Å²) in [5.41, 5.74) is 5.35. The number of carbonyl (C=O) groups is 1. The minimum atomic E-state index is 0.502. The highest BCUT2D eigenvalue weighted by molar-refractivity contribution is 5.85. The molecule has 1 N–H and O–H groups in total. The van der Waals surface area contributed by atoms with Crippen molar-refractivity contribution in [3.8, 4) is 17.0 Å². The van der Waals surface area contributed by atoms with Crippen LogP contribution in [0.2, 0.25) is 0 Å². The minimum Gasteiger partial charge on any atom is -0.496 e. The van der Waals surface area contributed by atoms with Crippen LogP contribution in [0, 0.1) is 20.8 Å². The summed E-state index contributed by atoms with van der Waals surface area (Å²) >= 11 is 0. The van der Waals surface area contributed by atoms with E-state index in [1.807, 2.05) is 26.8 Å². The van der Waals surface area contributed by atoms with Crippen LogP contribution in [0.1, 0.15) is 27.2 Å². The van der Waals surface area contributed by atoms with Crippen LogP contribution in [0.15, 0.2) is 12.4 Å². The lowest BCUT2D eigenvalue weighted by Gasteiger charge is -2.14. The molecule has 0 fully saturated rings. The molecule has 0 spiro atoms. The van der Waals surface area contributed by atoms with Crippen LogP contribution in [0.5, 0.6) is 5.75 Å². The molecule has 94 valence electrons. The maximum absolute atomic E-state index is 11.0. The zero-order chi connectivity index (χ0) is 13.3. The lowest BCUT2D eigenvalue weighted by atomic mass is 9.96. The monoisotopic (exact) mass is 244 g/mol. The molecule has 4 heteroatoms. The lowest BCUT2D eigenvalue weighted by Crippen LogP contribution is -1.98. The van der Waals surface area contributed by atoms with E-state index in [-0.39, 0.29) is 0 Å². The summed E-state index contributed by atoms with van der Waals surface area (Å²) in [6.45, 7) is 6.01. The predicted octanol–water partition coefficient (Wildman–Crippen LogP) is 2.82. The van der Waals surface area contributed by atoms with Gasteiger partial charge in [-0.25, -0.2) is 4.98 Å². The zero-order valence-electron chi connectivity index (χ0n) is 11.0. The normalized spacial score (nSPS) is 10.4. The van der Waals surface area contributed by atoms with E-state index in [0.29, 0.717) is 11.4 Å².